The summed E-state index contributed by atoms with van der Waals surface area (Å²) in [6.45, 7) is 3.13. The molecule has 0 unspecified atom stereocenters. The van der Waals surface area contributed by atoms with Gasteiger partial charge < -0.3 is 15.6 Å². The zero-order valence-electron chi connectivity index (χ0n) is 15.4. The molecule has 1 saturated heterocycles. The van der Waals surface area contributed by atoms with Crippen LogP contribution in [0, 0.1) is 0 Å². The van der Waals surface area contributed by atoms with E-state index in [9.17, 15) is 18.0 Å². The lowest BCUT2D eigenvalue weighted by atomic mass is 10.1. The number of benzene rings is 1. The van der Waals surface area contributed by atoms with Crippen LogP contribution in [0.2, 0.25) is 0 Å². The predicted molar refractivity (Wildman–Crippen MR) is 99.9 cm³/mol. The summed E-state index contributed by atoms with van der Waals surface area (Å²) in [5, 5.41) is 8.36. The van der Waals surface area contributed by atoms with Gasteiger partial charge in [0.2, 0.25) is 5.95 Å². The summed E-state index contributed by atoms with van der Waals surface area (Å²) in [5.41, 5.74) is 1.42. The number of hydrogen-bond donors (Lipinski definition) is 2. The maximum atomic E-state index is 13.1. The lowest BCUT2D eigenvalue weighted by Crippen LogP contribution is -2.45. The minimum Gasteiger partial charge on any atom is -0.350 e. The number of aromatic nitrogens is 2. The number of anilines is 1. The Labute approximate surface area is 160 Å². The second-order valence-corrected chi connectivity index (χ2v) is 7.11. The predicted octanol–water partition coefficient (Wildman–Crippen LogP) is 2.25. The molecule has 0 aliphatic carbocycles. The van der Waals surface area contributed by atoms with E-state index in [1.165, 1.54) is 12.1 Å². The van der Waals surface area contributed by atoms with Crippen LogP contribution in [-0.4, -0.2) is 29.3 Å². The smallest absolute Gasteiger partial charge is 0.350 e. The Hall–Kier alpha value is -2.55. The highest BCUT2D eigenvalue weighted by atomic mass is 19.4. The van der Waals surface area contributed by atoms with E-state index in [4.69, 9.17) is 0 Å². The molecule has 28 heavy (non-hydrogen) atoms. The molecule has 0 saturated carbocycles. The lowest BCUT2D eigenvalue weighted by molar-refractivity contribution is -0.137. The van der Waals surface area contributed by atoms with Crippen LogP contribution in [0.4, 0.5) is 19.1 Å². The number of rotatable bonds is 4. The summed E-state index contributed by atoms with van der Waals surface area (Å²) >= 11 is 0. The maximum Gasteiger partial charge on any atom is 0.416 e. The van der Waals surface area contributed by atoms with E-state index < -0.39 is 11.7 Å². The Morgan fingerprint density at radius 2 is 1.86 bits per heavy atom. The highest BCUT2D eigenvalue weighted by molar-refractivity contribution is 5.36. The van der Waals surface area contributed by atoms with Crippen molar-refractivity contribution in [1.29, 1.82) is 0 Å². The molecule has 2 N–H and O–H groups in total. The van der Waals surface area contributed by atoms with E-state index in [2.05, 4.69) is 15.6 Å². The zero-order valence-corrected chi connectivity index (χ0v) is 15.4. The largest absolute Gasteiger partial charge is 0.416 e. The first-order chi connectivity index (χ1) is 13.4. The second-order valence-electron chi connectivity index (χ2n) is 7.11. The molecule has 0 spiro atoms. The number of fused-ring (bicyclic) bond motifs is 1. The highest BCUT2D eigenvalue weighted by Gasteiger charge is 2.30. The van der Waals surface area contributed by atoms with Gasteiger partial charge in [-0.25, -0.2) is 4.98 Å². The van der Waals surface area contributed by atoms with Gasteiger partial charge in [-0.05, 0) is 30.5 Å². The van der Waals surface area contributed by atoms with Gasteiger partial charge in [0.05, 0.1) is 16.8 Å². The van der Waals surface area contributed by atoms with E-state index in [0.29, 0.717) is 30.0 Å². The quantitative estimate of drug-likeness (QED) is 0.835. The van der Waals surface area contributed by atoms with E-state index in [1.807, 2.05) is 5.01 Å². The molecule has 1 aromatic carbocycles. The van der Waals surface area contributed by atoms with Gasteiger partial charge in [-0.3, -0.25) is 4.79 Å². The van der Waals surface area contributed by atoms with Crippen LogP contribution in [0.1, 0.15) is 35.2 Å². The third-order valence-electron chi connectivity index (χ3n) is 5.18. The zero-order chi connectivity index (χ0) is 19.7. The summed E-state index contributed by atoms with van der Waals surface area (Å²) in [6, 6.07) is 5.01. The molecule has 2 aromatic rings. The Balaban J connectivity index is 1.61. The van der Waals surface area contributed by atoms with Crippen LogP contribution in [0.3, 0.4) is 0 Å². The van der Waals surface area contributed by atoms with E-state index >= 15 is 0 Å². The summed E-state index contributed by atoms with van der Waals surface area (Å²) < 4.78 is 39.8. The normalized spacial score (nSPS) is 16.9. The van der Waals surface area contributed by atoms with Crippen LogP contribution in [0.25, 0.3) is 0 Å². The SMILES string of the molecule is O=c1c2c(nc(NCc3ccc(C(F)(F)F)cc3)n1N1CCCC1)CCNC2. The van der Waals surface area contributed by atoms with Gasteiger partial charge >= 0.3 is 6.18 Å². The molecule has 150 valence electrons. The average Bonchev–Trinajstić information content (AvgIpc) is 3.20. The Morgan fingerprint density at radius 1 is 1.14 bits per heavy atom. The maximum absolute atomic E-state index is 13.1. The third kappa shape index (κ3) is 3.71. The first-order valence-corrected chi connectivity index (χ1v) is 9.44. The van der Waals surface area contributed by atoms with Crippen molar-refractivity contribution in [2.45, 2.75) is 38.5 Å². The van der Waals surface area contributed by atoms with Crippen molar-refractivity contribution in [1.82, 2.24) is 15.0 Å². The fourth-order valence-electron chi connectivity index (χ4n) is 3.66. The van der Waals surface area contributed by atoms with Gasteiger partial charge in [-0.2, -0.15) is 17.8 Å². The van der Waals surface area contributed by atoms with Crippen molar-refractivity contribution in [3.05, 3.63) is 57.0 Å². The molecule has 9 heteroatoms. The first-order valence-electron chi connectivity index (χ1n) is 9.44. The highest BCUT2D eigenvalue weighted by Crippen LogP contribution is 2.29. The molecule has 2 aliphatic heterocycles. The monoisotopic (exact) mass is 393 g/mol. The van der Waals surface area contributed by atoms with Gasteiger partial charge in [0, 0.05) is 39.1 Å². The van der Waals surface area contributed by atoms with Crippen molar-refractivity contribution in [3.63, 3.8) is 0 Å². The first kappa shape index (κ1) is 18.8. The van der Waals surface area contributed by atoms with Gasteiger partial charge in [0.1, 0.15) is 0 Å². The second kappa shape index (κ2) is 7.46. The number of hydrogen-bond acceptors (Lipinski definition) is 5. The minimum atomic E-state index is -4.35. The van der Waals surface area contributed by atoms with Gasteiger partial charge in [-0.1, -0.05) is 12.1 Å². The fourth-order valence-corrected chi connectivity index (χ4v) is 3.66. The van der Waals surface area contributed by atoms with Crippen LogP contribution in [0.15, 0.2) is 29.1 Å². The van der Waals surface area contributed by atoms with Crippen molar-refractivity contribution in [3.8, 4) is 0 Å². The van der Waals surface area contributed by atoms with Crippen LogP contribution < -0.4 is 21.2 Å². The van der Waals surface area contributed by atoms with Crippen molar-refractivity contribution in [2.75, 3.05) is 30.0 Å². The molecule has 0 radical (unpaired) electrons. The summed E-state index contributed by atoms with van der Waals surface area (Å²) in [7, 11) is 0. The Kier molecular flexibility index (Phi) is 5.01. The van der Waals surface area contributed by atoms with E-state index in [-0.39, 0.29) is 12.1 Å². The molecule has 2 aliphatic rings. The summed E-state index contributed by atoms with van der Waals surface area (Å²) in [5.74, 6) is 0.451. The fraction of sp³-hybridized carbons (Fsp3) is 0.474. The molecule has 6 nitrogen and oxygen atoms in total. The molecule has 1 aromatic heterocycles. The van der Waals surface area contributed by atoms with Crippen LogP contribution in [-0.2, 0) is 25.7 Å². The van der Waals surface area contributed by atoms with Crippen LogP contribution in [0.5, 0.6) is 0 Å². The number of nitrogens with zero attached hydrogens (tertiary/aromatic N) is 3. The number of halogens is 3. The molecule has 1 fully saturated rings. The van der Waals surface area contributed by atoms with E-state index in [0.717, 1.165) is 50.3 Å². The van der Waals surface area contributed by atoms with Crippen molar-refractivity contribution in [2.24, 2.45) is 0 Å². The molecule has 0 bridgehead atoms. The van der Waals surface area contributed by atoms with Crippen molar-refractivity contribution < 1.29 is 13.2 Å². The molecular formula is C19H22F3N5O. The van der Waals surface area contributed by atoms with Gasteiger partial charge in [-0.15, -0.1) is 0 Å². The molecule has 4 rings (SSSR count). The molecular weight excluding hydrogens is 371 g/mol. The Morgan fingerprint density at radius 3 is 2.54 bits per heavy atom. The molecule has 0 atom stereocenters. The van der Waals surface area contributed by atoms with E-state index in [1.54, 1.807) is 4.68 Å². The van der Waals surface area contributed by atoms with Crippen LogP contribution >= 0.6 is 0 Å². The van der Waals surface area contributed by atoms with Gasteiger partial charge in [0.25, 0.3) is 5.56 Å². The average molecular weight is 393 g/mol. The number of alkyl halides is 3. The van der Waals surface area contributed by atoms with Crippen molar-refractivity contribution >= 4 is 5.95 Å². The Bertz CT molecular complexity index is 902. The minimum absolute atomic E-state index is 0.0750. The number of nitrogens with one attached hydrogen (secondary N) is 2. The lowest BCUT2D eigenvalue weighted by Gasteiger charge is -2.27. The summed E-state index contributed by atoms with van der Waals surface area (Å²) in [6.07, 6.45) is -1.64. The molecule has 0 amide bonds. The standard InChI is InChI=1S/C19H22F3N5O/c20-19(21,22)14-5-3-13(4-6-14)11-24-18-25-16-7-8-23-12-15(16)17(28)27(18)26-9-1-2-10-26/h3-6,23H,1-2,7-12H2,(H,24,25). The third-order valence-corrected chi connectivity index (χ3v) is 5.18. The summed E-state index contributed by atoms with van der Waals surface area (Å²) in [4.78, 5) is 17.7. The molecule has 3 heterocycles. The topological polar surface area (TPSA) is 62.2 Å². The van der Waals surface area contributed by atoms with Gasteiger partial charge in [0.15, 0.2) is 0 Å².